The lowest BCUT2D eigenvalue weighted by molar-refractivity contribution is 0.465. The molecule has 3 aromatic heterocycles. The van der Waals surface area contributed by atoms with Gasteiger partial charge in [-0.25, -0.2) is 15.0 Å². The van der Waals surface area contributed by atoms with Gasteiger partial charge in [0.25, 0.3) is 0 Å². The van der Waals surface area contributed by atoms with Crippen LogP contribution in [0.3, 0.4) is 0 Å². The zero-order chi connectivity index (χ0) is 23.3. The minimum atomic E-state index is 0.193. The highest BCUT2D eigenvalue weighted by Crippen LogP contribution is 2.31. The van der Waals surface area contributed by atoms with Crippen molar-refractivity contribution in [3.8, 4) is 34.1 Å². The van der Waals surface area contributed by atoms with Crippen molar-refractivity contribution in [1.29, 1.82) is 0 Å². The molecule has 0 spiro atoms. The number of anilines is 3. The molecule has 0 fully saturated rings. The Labute approximate surface area is 196 Å². The van der Waals surface area contributed by atoms with Gasteiger partial charge < -0.3 is 15.8 Å². The number of nitrogens with one attached hydrogen (secondary N) is 1. The quantitative estimate of drug-likeness (QED) is 0.355. The molecule has 0 bridgehead atoms. The molecule has 0 aliphatic heterocycles. The van der Waals surface area contributed by atoms with Crippen LogP contribution in [0.5, 0.6) is 11.6 Å². The molecule has 2 aromatic carbocycles. The van der Waals surface area contributed by atoms with Crippen molar-refractivity contribution in [3.05, 3.63) is 96.8 Å². The maximum Gasteiger partial charge on any atom is 0.228 e. The molecule has 0 saturated carbocycles. The molecule has 0 saturated heterocycles. The maximum absolute atomic E-state index is 6.03. The standard InChI is InChI=1S/C26H21N7O/c1-17-16-23(18-6-3-2-4-7-18)32-33-24(17)30-19-9-11-20(12-10-19)34-25-21(8-5-14-28-25)22-13-15-29-26(27)31-22/h2-16H,1H3,(H,30,33)(H2,27,29,31). The summed E-state index contributed by atoms with van der Waals surface area (Å²) in [5.41, 5.74) is 10.8. The van der Waals surface area contributed by atoms with Crippen molar-refractivity contribution >= 4 is 17.5 Å². The fourth-order valence-electron chi connectivity index (χ4n) is 3.40. The second-order valence-corrected chi connectivity index (χ2v) is 7.53. The first-order chi connectivity index (χ1) is 16.7. The number of aromatic nitrogens is 5. The third-order valence-corrected chi connectivity index (χ3v) is 5.11. The number of ether oxygens (including phenoxy) is 1. The van der Waals surface area contributed by atoms with Gasteiger partial charge in [0.15, 0.2) is 5.82 Å². The molecular weight excluding hydrogens is 426 g/mol. The summed E-state index contributed by atoms with van der Waals surface area (Å²) in [6, 6.07) is 25.0. The molecule has 5 aromatic rings. The molecule has 5 rings (SSSR count). The Morgan fingerprint density at radius 2 is 1.62 bits per heavy atom. The Morgan fingerprint density at radius 1 is 0.794 bits per heavy atom. The first kappa shape index (κ1) is 21.0. The molecule has 0 atom stereocenters. The van der Waals surface area contributed by atoms with E-state index in [2.05, 4.69) is 30.5 Å². The zero-order valence-electron chi connectivity index (χ0n) is 18.4. The van der Waals surface area contributed by atoms with Crippen molar-refractivity contribution in [2.45, 2.75) is 6.92 Å². The molecule has 0 radical (unpaired) electrons. The van der Waals surface area contributed by atoms with Crippen LogP contribution in [0, 0.1) is 6.92 Å². The van der Waals surface area contributed by atoms with Crippen LogP contribution in [-0.4, -0.2) is 25.1 Å². The second kappa shape index (κ2) is 9.33. The molecule has 8 nitrogen and oxygen atoms in total. The minimum absolute atomic E-state index is 0.193. The van der Waals surface area contributed by atoms with E-state index in [4.69, 9.17) is 10.5 Å². The SMILES string of the molecule is Cc1cc(-c2ccccc2)nnc1Nc1ccc(Oc2ncccc2-c2ccnc(N)n2)cc1. The normalized spacial score (nSPS) is 10.6. The van der Waals surface area contributed by atoms with Gasteiger partial charge in [-0.1, -0.05) is 30.3 Å². The number of hydrogen-bond donors (Lipinski definition) is 2. The molecule has 3 N–H and O–H groups in total. The van der Waals surface area contributed by atoms with Crippen LogP contribution in [0.1, 0.15) is 5.56 Å². The van der Waals surface area contributed by atoms with Gasteiger partial charge in [-0.15, -0.1) is 10.2 Å². The van der Waals surface area contributed by atoms with Gasteiger partial charge in [0, 0.05) is 23.6 Å². The Hall–Kier alpha value is -4.85. The summed E-state index contributed by atoms with van der Waals surface area (Å²) in [4.78, 5) is 12.6. The van der Waals surface area contributed by atoms with Crippen LogP contribution in [0.15, 0.2) is 91.3 Å². The third-order valence-electron chi connectivity index (χ3n) is 5.11. The Balaban J connectivity index is 1.32. The number of rotatable bonds is 6. The van der Waals surface area contributed by atoms with Gasteiger partial charge in [0.1, 0.15) is 5.75 Å². The molecule has 0 amide bonds. The summed E-state index contributed by atoms with van der Waals surface area (Å²) < 4.78 is 6.03. The van der Waals surface area contributed by atoms with Gasteiger partial charge in [0.2, 0.25) is 11.8 Å². The predicted octanol–water partition coefficient (Wildman–Crippen LogP) is 5.42. The molecule has 3 heterocycles. The molecule has 0 unspecified atom stereocenters. The van der Waals surface area contributed by atoms with Crippen molar-refractivity contribution in [3.63, 3.8) is 0 Å². The summed E-state index contributed by atoms with van der Waals surface area (Å²) in [5.74, 6) is 1.95. The molecule has 34 heavy (non-hydrogen) atoms. The van der Waals surface area contributed by atoms with E-state index in [1.54, 1.807) is 18.5 Å². The molecule has 8 heteroatoms. The van der Waals surface area contributed by atoms with E-state index < -0.39 is 0 Å². The minimum Gasteiger partial charge on any atom is -0.438 e. The smallest absolute Gasteiger partial charge is 0.228 e. The van der Waals surface area contributed by atoms with Crippen molar-refractivity contribution in [2.75, 3.05) is 11.1 Å². The highest BCUT2D eigenvalue weighted by atomic mass is 16.5. The lowest BCUT2D eigenvalue weighted by Crippen LogP contribution is -2.00. The number of aryl methyl sites for hydroxylation is 1. The molecular formula is C26H21N7O. The summed E-state index contributed by atoms with van der Waals surface area (Å²) in [5, 5.41) is 12.0. The fraction of sp³-hybridized carbons (Fsp3) is 0.0385. The van der Waals surface area contributed by atoms with Crippen molar-refractivity contribution in [1.82, 2.24) is 25.1 Å². The number of nitrogens with zero attached hydrogens (tertiary/aromatic N) is 5. The summed E-state index contributed by atoms with van der Waals surface area (Å²) in [6.07, 6.45) is 3.27. The highest BCUT2D eigenvalue weighted by molar-refractivity contribution is 5.67. The van der Waals surface area contributed by atoms with E-state index in [1.807, 2.05) is 79.7 Å². The summed E-state index contributed by atoms with van der Waals surface area (Å²) in [7, 11) is 0. The van der Waals surface area contributed by atoms with Gasteiger partial charge in [-0.2, -0.15) is 0 Å². The van der Waals surface area contributed by atoms with E-state index >= 15 is 0 Å². The maximum atomic E-state index is 6.03. The summed E-state index contributed by atoms with van der Waals surface area (Å²) in [6.45, 7) is 2.00. The predicted molar refractivity (Wildman–Crippen MR) is 132 cm³/mol. The summed E-state index contributed by atoms with van der Waals surface area (Å²) >= 11 is 0. The van der Waals surface area contributed by atoms with Crippen LogP contribution >= 0.6 is 0 Å². The second-order valence-electron chi connectivity index (χ2n) is 7.53. The monoisotopic (exact) mass is 447 g/mol. The topological polar surface area (TPSA) is 112 Å². The lowest BCUT2D eigenvalue weighted by Gasteiger charge is -2.12. The largest absolute Gasteiger partial charge is 0.438 e. The average molecular weight is 448 g/mol. The third kappa shape index (κ3) is 4.66. The number of pyridine rings is 1. The first-order valence-corrected chi connectivity index (χ1v) is 10.6. The van der Waals surface area contributed by atoms with Gasteiger partial charge >= 0.3 is 0 Å². The Kier molecular flexibility index (Phi) is 5.77. The number of hydrogen-bond acceptors (Lipinski definition) is 8. The van der Waals surface area contributed by atoms with Gasteiger partial charge in [-0.3, -0.25) is 0 Å². The zero-order valence-corrected chi connectivity index (χ0v) is 18.4. The number of benzene rings is 2. The van der Waals surface area contributed by atoms with Crippen LogP contribution in [0.25, 0.3) is 22.5 Å². The lowest BCUT2D eigenvalue weighted by atomic mass is 10.1. The average Bonchev–Trinajstić information content (AvgIpc) is 2.87. The Bertz CT molecular complexity index is 1420. The van der Waals surface area contributed by atoms with Gasteiger partial charge in [0.05, 0.1) is 17.0 Å². The van der Waals surface area contributed by atoms with E-state index in [0.717, 1.165) is 28.1 Å². The van der Waals surface area contributed by atoms with E-state index in [-0.39, 0.29) is 5.95 Å². The highest BCUT2D eigenvalue weighted by Gasteiger charge is 2.11. The molecule has 0 aliphatic carbocycles. The van der Waals surface area contributed by atoms with Crippen LogP contribution in [-0.2, 0) is 0 Å². The van der Waals surface area contributed by atoms with E-state index in [1.165, 1.54) is 0 Å². The Morgan fingerprint density at radius 3 is 2.38 bits per heavy atom. The van der Waals surface area contributed by atoms with E-state index in [0.29, 0.717) is 23.1 Å². The molecule has 166 valence electrons. The van der Waals surface area contributed by atoms with Crippen LogP contribution < -0.4 is 15.8 Å². The fourth-order valence-corrected chi connectivity index (χ4v) is 3.40. The number of nitrogen functional groups attached to an aromatic ring is 1. The van der Waals surface area contributed by atoms with Crippen LogP contribution in [0.4, 0.5) is 17.5 Å². The first-order valence-electron chi connectivity index (χ1n) is 10.6. The number of nitrogens with two attached hydrogens (primary N) is 1. The van der Waals surface area contributed by atoms with E-state index in [9.17, 15) is 0 Å². The molecule has 0 aliphatic rings. The van der Waals surface area contributed by atoms with Crippen molar-refractivity contribution < 1.29 is 4.74 Å². The van der Waals surface area contributed by atoms with Gasteiger partial charge in [-0.05, 0) is 61.0 Å². The van der Waals surface area contributed by atoms with Crippen LogP contribution in [0.2, 0.25) is 0 Å². The van der Waals surface area contributed by atoms with Crippen molar-refractivity contribution in [2.24, 2.45) is 0 Å².